The Hall–Kier alpha value is -3.89. The third-order valence-electron chi connectivity index (χ3n) is 5.87. The van der Waals surface area contributed by atoms with Crippen molar-refractivity contribution in [2.75, 3.05) is 26.9 Å². The van der Waals surface area contributed by atoms with Crippen LogP contribution < -0.4 is 24.4 Å². The van der Waals surface area contributed by atoms with E-state index in [9.17, 15) is 14.4 Å². The van der Waals surface area contributed by atoms with E-state index >= 15 is 0 Å². The number of nitrogens with zero attached hydrogens (tertiary/aromatic N) is 2. The van der Waals surface area contributed by atoms with Gasteiger partial charge in [0.15, 0.2) is 22.9 Å². The number of benzene rings is 2. The van der Waals surface area contributed by atoms with Crippen molar-refractivity contribution in [3.8, 4) is 11.5 Å². The summed E-state index contributed by atoms with van der Waals surface area (Å²) in [5.41, 5.74) is 1.38. The van der Waals surface area contributed by atoms with Gasteiger partial charge in [-0.15, -0.1) is 0 Å². The fourth-order valence-corrected chi connectivity index (χ4v) is 5.50. The highest BCUT2D eigenvalue weighted by Gasteiger charge is 2.34. The van der Waals surface area contributed by atoms with Crippen LogP contribution in [0.15, 0.2) is 63.5 Å². The predicted molar refractivity (Wildman–Crippen MR) is 147 cm³/mol. The molecule has 0 saturated carbocycles. The van der Waals surface area contributed by atoms with Crippen LogP contribution in [-0.4, -0.2) is 43.4 Å². The molecule has 0 amide bonds. The molecule has 0 bridgehead atoms. The van der Waals surface area contributed by atoms with Crippen LogP contribution in [-0.2, 0) is 19.1 Å². The summed E-state index contributed by atoms with van der Waals surface area (Å²) in [7, 11) is 1.48. The van der Waals surface area contributed by atoms with E-state index in [2.05, 4.69) is 4.99 Å². The summed E-state index contributed by atoms with van der Waals surface area (Å²) in [6.45, 7) is 5.18. The number of hydrogen-bond donors (Lipinski definition) is 0. The molecule has 9 nitrogen and oxygen atoms in total. The van der Waals surface area contributed by atoms with Gasteiger partial charge >= 0.3 is 11.9 Å². The molecule has 0 unspecified atom stereocenters. The van der Waals surface area contributed by atoms with E-state index in [1.807, 2.05) is 0 Å². The molecule has 1 aliphatic heterocycles. The molecule has 204 valence electrons. The number of para-hydroxylation sites is 1. The zero-order valence-corrected chi connectivity index (χ0v) is 23.4. The van der Waals surface area contributed by atoms with Crippen LogP contribution in [0.4, 0.5) is 0 Å². The lowest BCUT2D eigenvalue weighted by Crippen LogP contribution is -2.40. The van der Waals surface area contributed by atoms with Gasteiger partial charge in [-0.2, -0.15) is 0 Å². The van der Waals surface area contributed by atoms with E-state index < -0.39 is 18.0 Å². The minimum absolute atomic E-state index is 0.166. The molecule has 1 atom stereocenters. The number of ether oxygens (including phenoxy) is 4. The van der Waals surface area contributed by atoms with Gasteiger partial charge in [0.1, 0.15) is 6.04 Å². The van der Waals surface area contributed by atoms with E-state index in [1.165, 1.54) is 11.7 Å². The van der Waals surface area contributed by atoms with Crippen molar-refractivity contribution in [2.24, 2.45) is 4.99 Å². The Morgan fingerprint density at radius 3 is 2.54 bits per heavy atom. The highest BCUT2D eigenvalue weighted by atomic mass is 35.5. The van der Waals surface area contributed by atoms with Gasteiger partial charge in [-0.1, -0.05) is 53.3 Å². The number of hydrogen-bond acceptors (Lipinski definition) is 9. The van der Waals surface area contributed by atoms with Crippen molar-refractivity contribution < 1.29 is 28.5 Å². The standard InChI is InChI=1S/C28H27ClN2O7S/c1-5-36-22(32)15-38-25-17(10-9-13-20(25)35-4)14-21-26(33)31-24(18-11-7-8-12-19(18)29)23(27(34)37-6-2)16(3)30-28(31)39-21/h7-14,24H,5-6,15H2,1-4H3/b21-14-/t24-/m0/s1. The summed E-state index contributed by atoms with van der Waals surface area (Å²) in [5.74, 6) is -0.434. The van der Waals surface area contributed by atoms with Crippen LogP contribution in [0.3, 0.4) is 0 Å². The molecular weight excluding hydrogens is 544 g/mol. The number of carbonyl (C=O) groups is 2. The fraction of sp³-hybridized carbons (Fsp3) is 0.286. The second-order valence-electron chi connectivity index (χ2n) is 8.30. The Morgan fingerprint density at radius 2 is 1.85 bits per heavy atom. The Kier molecular flexibility index (Phi) is 8.88. The molecule has 0 saturated heterocycles. The van der Waals surface area contributed by atoms with E-state index in [4.69, 9.17) is 30.5 Å². The molecule has 1 aromatic heterocycles. The van der Waals surface area contributed by atoms with Crippen LogP contribution in [0.2, 0.25) is 5.02 Å². The third-order valence-corrected chi connectivity index (χ3v) is 7.20. The van der Waals surface area contributed by atoms with E-state index in [-0.39, 0.29) is 36.7 Å². The highest BCUT2D eigenvalue weighted by Crippen LogP contribution is 2.35. The largest absolute Gasteiger partial charge is 0.493 e. The summed E-state index contributed by atoms with van der Waals surface area (Å²) in [4.78, 5) is 43.8. The van der Waals surface area contributed by atoms with Crippen molar-refractivity contribution in [3.05, 3.63) is 89.6 Å². The van der Waals surface area contributed by atoms with Crippen LogP contribution in [0.25, 0.3) is 6.08 Å². The highest BCUT2D eigenvalue weighted by molar-refractivity contribution is 7.07. The normalized spacial score (nSPS) is 14.9. The zero-order chi connectivity index (χ0) is 28.1. The summed E-state index contributed by atoms with van der Waals surface area (Å²) < 4.78 is 23.2. The van der Waals surface area contributed by atoms with Gasteiger partial charge < -0.3 is 18.9 Å². The summed E-state index contributed by atoms with van der Waals surface area (Å²) >= 11 is 7.71. The van der Waals surface area contributed by atoms with Gasteiger partial charge in [-0.05, 0) is 44.5 Å². The molecule has 3 aromatic rings. The van der Waals surface area contributed by atoms with Crippen LogP contribution in [0, 0.1) is 0 Å². The number of esters is 2. The lowest BCUT2D eigenvalue weighted by atomic mass is 9.96. The minimum Gasteiger partial charge on any atom is -0.493 e. The lowest BCUT2D eigenvalue weighted by molar-refractivity contribution is -0.145. The average Bonchev–Trinajstić information content (AvgIpc) is 3.21. The minimum atomic E-state index is -0.832. The quantitative estimate of drug-likeness (QED) is 0.363. The number of thiazole rings is 1. The monoisotopic (exact) mass is 570 g/mol. The van der Waals surface area contributed by atoms with Crippen molar-refractivity contribution in [3.63, 3.8) is 0 Å². The van der Waals surface area contributed by atoms with Gasteiger partial charge in [0, 0.05) is 10.6 Å². The molecule has 0 aliphatic carbocycles. The van der Waals surface area contributed by atoms with Crippen molar-refractivity contribution in [1.29, 1.82) is 0 Å². The first-order valence-corrected chi connectivity index (χ1v) is 13.4. The SMILES string of the molecule is CCOC(=O)COc1c(/C=c2\sc3n(c2=O)[C@@H](c2ccccc2Cl)C(C(=O)OCC)=C(C)N=3)cccc1OC. The predicted octanol–water partition coefficient (Wildman–Crippen LogP) is 3.40. The average molecular weight is 571 g/mol. The van der Waals surface area contributed by atoms with Crippen LogP contribution in [0.1, 0.15) is 37.9 Å². The first-order valence-electron chi connectivity index (χ1n) is 12.2. The second-order valence-corrected chi connectivity index (χ2v) is 9.71. The van der Waals surface area contributed by atoms with Crippen LogP contribution >= 0.6 is 22.9 Å². The molecule has 1 aliphatic rings. The molecule has 39 heavy (non-hydrogen) atoms. The topological polar surface area (TPSA) is 105 Å². The number of allylic oxidation sites excluding steroid dienone is 1. The van der Waals surface area contributed by atoms with Gasteiger partial charge in [-0.25, -0.2) is 14.6 Å². The number of rotatable bonds is 9. The number of carbonyl (C=O) groups excluding carboxylic acids is 2. The Labute approximate surface area is 233 Å². The van der Waals surface area contributed by atoms with Gasteiger partial charge in [0.25, 0.3) is 5.56 Å². The van der Waals surface area contributed by atoms with E-state index in [0.717, 1.165) is 11.3 Å². The molecule has 4 rings (SSSR count). The number of methoxy groups -OCH3 is 1. The maximum absolute atomic E-state index is 13.9. The fourth-order valence-electron chi connectivity index (χ4n) is 4.22. The maximum atomic E-state index is 13.9. The Bertz CT molecular complexity index is 1620. The van der Waals surface area contributed by atoms with E-state index in [1.54, 1.807) is 69.3 Å². The summed E-state index contributed by atoms with van der Waals surface area (Å²) in [6, 6.07) is 11.4. The maximum Gasteiger partial charge on any atom is 0.344 e. The van der Waals surface area contributed by atoms with Gasteiger partial charge in [0.05, 0.1) is 36.1 Å². The van der Waals surface area contributed by atoms with Gasteiger partial charge in [0.2, 0.25) is 0 Å². The number of fused-ring (bicyclic) bond motifs is 1. The van der Waals surface area contributed by atoms with Crippen molar-refractivity contribution in [1.82, 2.24) is 4.57 Å². The molecular formula is C28H27ClN2O7S. The molecule has 2 heterocycles. The summed E-state index contributed by atoms with van der Waals surface area (Å²) in [6.07, 6.45) is 1.64. The molecule has 0 N–H and O–H groups in total. The number of halogens is 1. The molecule has 0 spiro atoms. The van der Waals surface area contributed by atoms with E-state index in [0.29, 0.717) is 36.9 Å². The van der Waals surface area contributed by atoms with Crippen molar-refractivity contribution >= 4 is 41.0 Å². The Balaban J connectivity index is 1.90. The van der Waals surface area contributed by atoms with Gasteiger partial charge in [-0.3, -0.25) is 9.36 Å². The van der Waals surface area contributed by atoms with Crippen molar-refractivity contribution in [2.45, 2.75) is 26.8 Å². The second kappa shape index (κ2) is 12.3. The third kappa shape index (κ3) is 5.76. The molecule has 0 fully saturated rings. The zero-order valence-electron chi connectivity index (χ0n) is 21.9. The molecule has 11 heteroatoms. The first-order chi connectivity index (χ1) is 18.8. The molecule has 2 aromatic carbocycles. The number of aromatic nitrogens is 1. The summed E-state index contributed by atoms with van der Waals surface area (Å²) in [5, 5.41) is 0.399. The Morgan fingerprint density at radius 1 is 1.10 bits per heavy atom. The smallest absolute Gasteiger partial charge is 0.344 e. The van der Waals surface area contributed by atoms with Crippen LogP contribution in [0.5, 0.6) is 11.5 Å². The lowest BCUT2D eigenvalue weighted by Gasteiger charge is -2.25. The first kappa shape index (κ1) is 28.1. The molecule has 0 radical (unpaired) electrons.